The summed E-state index contributed by atoms with van der Waals surface area (Å²) in [7, 11) is 1.71. The van der Waals surface area contributed by atoms with E-state index in [1.165, 1.54) is 0 Å². The summed E-state index contributed by atoms with van der Waals surface area (Å²) in [6.07, 6.45) is 0. The van der Waals surface area contributed by atoms with Crippen molar-refractivity contribution in [1.29, 1.82) is 0 Å². The van der Waals surface area contributed by atoms with Crippen molar-refractivity contribution in [2.45, 2.75) is 6.92 Å². The van der Waals surface area contributed by atoms with Gasteiger partial charge < -0.3 is 19.9 Å². The number of nitrogens with zero attached hydrogens (tertiary/aromatic N) is 2. The lowest BCUT2D eigenvalue weighted by atomic mass is 10.1. The number of aromatic nitrogens is 1. The number of nitrogen functional groups attached to an aromatic ring is 1. The Kier molecular flexibility index (Phi) is 2.45. The average Bonchev–Trinajstić information content (AvgIpc) is 2.74. The van der Waals surface area contributed by atoms with Gasteiger partial charge in [-0.1, -0.05) is 5.16 Å². The summed E-state index contributed by atoms with van der Waals surface area (Å²) < 4.78 is 10.6. The van der Waals surface area contributed by atoms with E-state index in [0.29, 0.717) is 28.6 Å². The molecule has 0 radical (unpaired) electrons. The van der Waals surface area contributed by atoms with Crippen molar-refractivity contribution in [2.24, 2.45) is 0 Å². The molecule has 0 unspecified atom stereocenters. The van der Waals surface area contributed by atoms with Crippen LogP contribution in [0.5, 0.6) is 5.75 Å². The van der Waals surface area contributed by atoms with Gasteiger partial charge in [0.25, 0.3) is 5.91 Å². The minimum Gasteiger partial charge on any atom is -0.482 e. The summed E-state index contributed by atoms with van der Waals surface area (Å²) in [6.45, 7) is 1.84. The molecule has 2 heterocycles. The van der Waals surface area contributed by atoms with Crippen molar-refractivity contribution < 1.29 is 14.1 Å². The Balaban J connectivity index is 2.11. The molecule has 0 aliphatic carbocycles. The van der Waals surface area contributed by atoms with Gasteiger partial charge in [0.2, 0.25) is 0 Å². The second-order valence-electron chi connectivity index (χ2n) is 4.43. The molecule has 3 rings (SSSR count). The zero-order valence-electron chi connectivity index (χ0n) is 10.6. The highest BCUT2D eigenvalue weighted by Gasteiger charge is 2.23. The number of carbonyl (C=O) groups is 1. The van der Waals surface area contributed by atoms with E-state index < -0.39 is 0 Å². The minimum absolute atomic E-state index is 0.0619. The van der Waals surface area contributed by atoms with Gasteiger partial charge in [0.15, 0.2) is 12.4 Å². The van der Waals surface area contributed by atoms with Crippen molar-refractivity contribution in [3.63, 3.8) is 0 Å². The van der Waals surface area contributed by atoms with Gasteiger partial charge in [0.05, 0.1) is 5.69 Å². The zero-order valence-corrected chi connectivity index (χ0v) is 10.6. The number of anilines is 2. The number of ether oxygens (including phenoxy) is 1. The van der Waals surface area contributed by atoms with E-state index in [1.807, 2.05) is 12.1 Å². The van der Waals surface area contributed by atoms with Crippen molar-refractivity contribution in [3.05, 3.63) is 23.9 Å². The molecule has 1 aliphatic heterocycles. The molecule has 1 aliphatic rings. The van der Waals surface area contributed by atoms with Crippen LogP contribution in [0, 0.1) is 6.92 Å². The highest BCUT2D eigenvalue weighted by molar-refractivity contribution is 5.98. The second-order valence-corrected chi connectivity index (χ2v) is 4.43. The number of likely N-dealkylation sites (N-methyl/N-ethyl adjacent to an activating group) is 1. The van der Waals surface area contributed by atoms with Crippen LogP contribution in [0.15, 0.2) is 22.7 Å². The highest BCUT2D eigenvalue weighted by atomic mass is 16.5. The van der Waals surface area contributed by atoms with Crippen LogP contribution in [-0.4, -0.2) is 24.7 Å². The number of nitrogens with two attached hydrogens (primary N) is 1. The SMILES string of the molecule is Cc1noc(-c2ccc3c(c2)N(C)C(=O)CO3)c1N. The largest absolute Gasteiger partial charge is 0.482 e. The van der Waals surface area contributed by atoms with Crippen LogP contribution in [0.4, 0.5) is 11.4 Å². The van der Waals surface area contributed by atoms with Gasteiger partial charge in [-0.2, -0.15) is 0 Å². The molecule has 0 fully saturated rings. The highest BCUT2D eigenvalue weighted by Crippen LogP contribution is 2.37. The molecular formula is C13H13N3O3. The van der Waals surface area contributed by atoms with Crippen molar-refractivity contribution >= 4 is 17.3 Å². The molecule has 6 nitrogen and oxygen atoms in total. The van der Waals surface area contributed by atoms with Gasteiger partial charge >= 0.3 is 0 Å². The fourth-order valence-corrected chi connectivity index (χ4v) is 2.00. The standard InChI is InChI=1S/C13H13N3O3/c1-7-12(14)13(19-15-7)8-3-4-10-9(5-8)16(2)11(17)6-18-10/h3-5H,6,14H2,1-2H3. The molecule has 0 bridgehead atoms. The van der Waals surface area contributed by atoms with Crippen LogP contribution in [0.25, 0.3) is 11.3 Å². The summed E-state index contributed by atoms with van der Waals surface area (Å²) in [5.74, 6) is 1.08. The lowest BCUT2D eigenvalue weighted by Gasteiger charge is -2.26. The number of benzene rings is 1. The van der Waals surface area contributed by atoms with Gasteiger partial charge in [-0.05, 0) is 25.1 Å². The fourth-order valence-electron chi connectivity index (χ4n) is 2.00. The zero-order chi connectivity index (χ0) is 13.6. The molecule has 1 aromatic carbocycles. The Morgan fingerprint density at radius 3 is 2.89 bits per heavy atom. The molecule has 6 heteroatoms. The Hall–Kier alpha value is -2.50. The quantitative estimate of drug-likeness (QED) is 0.841. The van der Waals surface area contributed by atoms with Crippen LogP contribution in [0.2, 0.25) is 0 Å². The summed E-state index contributed by atoms with van der Waals surface area (Å²) in [5, 5.41) is 3.83. The summed E-state index contributed by atoms with van der Waals surface area (Å²) in [6, 6.07) is 5.44. The van der Waals surface area contributed by atoms with E-state index in [2.05, 4.69) is 5.16 Å². The molecule has 19 heavy (non-hydrogen) atoms. The first-order valence-electron chi connectivity index (χ1n) is 5.83. The first-order valence-corrected chi connectivity index (χ1v) is 5.83. The number of aryl methyl sites for hydroxylation is 1. The second kappa shape index (κ2) is 4.01. The lowest BCUT2D eigenvalue weighted by Crippen LogP contribution is -2.35. The maximum Gasteiger partial charge on any atom is 0.264 e. The number of carbonyl (C=O) groups excluding carboxylic acids is 1. The fraction of sp³-hybridized carbons (Fsp3) is 0.231. The van der Waals surface area contributed by atoms with Crippen molar-refractivity contribution in [2.75, 3.05) is 24.3 Å². The maximum atomic E-state index is 11.6. The van der Waals surface area contributed by atoms with Crippen LogP contribution >= 0.6 is 0 Å². The normalized spacial score (nSPS) is 14.2. The Morgan fingerprint density at radius 2 is 2.21 bits per heavy atom. The molecule has 1 aromatic heterocycles. The molecule has 98 valence electrons. The number of fused-ring (bicyclic) bond motifs is 1. The number of hydrogen-bond acceptors (Lipinski definition) is 5. The Morgan fingerprint density at radius 1 is 1.42 bits per heavy atom. The molecule has 0 saturated heterocycles. The minimum atomic E-state index is -0.0913. The molecule has 0 spiro atoms. The summed E-state index contributed by atoms with van der Waals surface area (Å²) >= 11 is 0. The lowest BCUT2D eigenvalue weighted by molar-refractivity contribution is -0.120. The third-order valence-corrected chi connectivity index (χ3v) is 3.22. The van der Waals surface area contributed by atoms with E-state index in [1.54, 1.807) is 24.9 Å². The number of rotatable bonds is 1. The monoisotopic (exact) mass is 259 g/mol. The molecular weight excluding hydrogens is 246 g/mol. The van der Waals surface area contributed by atoms with E-state index in [4.69, 9.17) is 15.0 Å². The van der Waals surface area contributed by atoms with Crippen molar-refractivity contribution in [3.8, 4) is 17.1 Å². The predicted molar refractivity (Wildman–Crippen MR) is 70.0 cm³/mol. The number of hydrogen-bond donors (Lipinski definition) is 1. The van der Waals surface area contributed by atoms with Crippen LogP contribution in [0.3, 0.4) is 0 Å². The van der Waals surface area contributed by atoms with Gasteiger partial charge in [0, 0.05) is 12.6 Å². The third-order valence-electron chi connectivity index (χ3n) is 3.22. The molecule has 2 N–H and O–H groups in total. The smallest absolute Gasteiger partial charge is 0.264 e. The van der Waals surface area contributed by atoms with Crippen molar-refractivity contribution in [1.82, 2.24) is 5.16 Å². The van der Waals surface area contributed by atoms with E-state index in [-0.39, 0.29) is 12.5 Å². The average molecular weight is 259 g/mol. The first-order chi connectivity index (χ1) is 9.08. The molecule has 0 saturated carbocycles. The summed E-state index contributed by atoms with van der Waals surface area (Å²) in [4.78, 5) is 13.2. The third kappa shape index (κ3) is 1.72. The molecule has 0 atom stereocenters. The topological polar surface area (TPSA) is 81.6 Å². The Bertz CT molecular complexity index is 663. The van der Waals surface area contributed by atoms with E-state index >= 15 is 0 Å². The van der Waals surface area contributed by atoms with Gasteiger partial charge in [-0.15, -0.1) is 0 Å². The van der Waals surface area contributed by atoms with Gasteiger partial charge in [0.1, 0.15) is 17.1 Å². The summed E-state index contributed by atoms with van der Waals surface area (Å²) in [5.41, 5.74) is 8.52. The molecule has 2 aromatic rings. The molecule has 1 amide bonds. The van der Waals surface area contributed by atoms with E-state index in [9.17, 15) is 4.79 Å². The first kappa shape index (κ1) is 11.6. The Labute approximate surface area is 109 Å². The van der Waals surface area contributed by atoms with Gasteiger partial charge in [-0.25, -0.2) is 0 Å². The maximum absolute atomic E-state index is 11.6. The van der Waals surface area contributed by atoms with E-state index in [0.717, 1.165) is 5.56 Å². The van der Waals surface area contributed by atoms with Crippen LogP contribution < -0.4 is 15.4 Å². The number of amides is 1. The van der Waals surface area contributed by atoms with Crippen LogP contribution in [-0.2, 0) is 4.79 Å². The van der Waals surface area contributed by atoms with Crippen LogP contribution in [0.1, 0.15) is 5.69 Å². The van der Waals surface area contributed by atoms with Gasteiger partial charge in [-0.3, -0.25) is 4.79 Å². The predicted octanol–water partition coefficient (Wildman–Crippen LogP) is 1.59.